The van der Waals surface area contributed by atoms with E-state index < -0.39 is 23.5 Å². The maximum Gasteiger partial charge on any atom is 0.182 e. The molecule has 14 heavy (non-hydrogen) atoms. The third-order valence-corrected chi connectivity index (χ3v) is 1.61. The second-order valence-electron chi connectivity index (χ2n) is 2.78. The van der Waals surface area contributed by atoms with Crippen molar-refractivity contribution in [2.75, 3.05) is 0 Å². The first-order chi connectivity index (χ1) is 6.02. The van der Waals surface area contributed by atoms with Crippen LogP contribution >= 0.6 is 12.4 Å². The lowest BCUT2D eigenvalue weighted by Crippen LogP contribution is -2.27. The lowest BCUT2D eigenvalue weighted by Gasteiger charge is -2.04. The van der Waals surface area contributed by atoms with Crippen molar-refractivity contribution in [2.24, 2.45) is 5.73 Å². The van der Waals surface area contributed by atoms with E-state index in [1.54, 1.807) is 0 Å². The van der Waals surface area contributed by atoms with Gasteiger partial charge in [0.1, 0.15) is 11.6 Å². The fourth-order valence-corrected chi connectivity index (χ4v) is 0.935. The van der Waals surface area contributed by atoms with Gasteiger partial charge in [0.25, 0.3) is 0 Å². The first-order valence-electron chi connectivity index (χ1n) is 3.77. The molecule has 0 fully saturated rings. The summed E-state index contributed by atoms with van der Waals surface area (Å²) in [5.41, 5.74) is 5.09. The van der Waals surface area contributed by atoms with Crippen molar-refractivity contribution in [3.63, 3.8) is 0 Å². The van der Waals surface area contributed by atoms with E-state index in [1.807, 2.05) is 0 Å². The van der Waals surface area contributed by atoms with E-state index >= 15 is 0 Å². The molecule has 1 atom stereocenters. The summed E-state index contributed by atoms with van der Waals surface area (Å²) in [7, 11) is 0. The van der Waals surface area contributed by atoms with Crippen molar-refractivity contribution < 1.29 is 13.6 Å². The molecule has 5 heteroatoms. The lowest BCUT2D eigenvalue weighted by atomic mass is 10.1. The van der Waals surface area contributed by atoms with Crippen molar-refractivity contribution >= 4 is 18.2 Å². The monoisotopic (exact) mass is 221 g/mol. The van der Waals surface area contributed by atoms with Gasteiger partial charge in [0.2, 0.25) is 0 Å². The first kappa shape index (κ1) is 13.0. The molecule has 0 aliphatic heterocycles. The molecular weight excluding hydrogens is 212 g/mol. The third kappa shape index (κ3) is 2.75. The Morgan fingerprint density at radius 3 is 2.43 bits per heavy atom. The quantitative estimate of drug-likeness (QED) is 0.776. The Bertz CT molecular complexity index is 342. The summed E-state index contributed by atoms with van der Waals surface area (Å²) in [6.07, 6.45) is 0. The van der Waals surface area contributed by atoms with E-state index in [0.29, 0.717) is 6.07 Å². The minimum absolute atomic E-state index is 0. The van der Waals surface area contributed by atoms with Gasteiger partial charge in [0.05, 0.1) is 11.6 Å². The number of carbonyl (C=O) groups excluding carboxylic acids is 1. The zero-order valence-corrected chi connectivity index (χ0v) is 8.28. The van der Waals surface area contributed by atoms with Crippen LogP contribution in [0.4, 0.5) is 8.78 Å². The maximum absolute atomic E-state index is 12.9. The summed E-state index contributed by atoms with van der Waals surface area (Å²) < 4.78 is 25.4. The Balaban J connectivity index is 0.00000169. The van der Waals surface area contributed by atoms with Crippen molar-refractivity contribution in [3.05, 3.63) is 35.4 Å². The van der Waals surface area contributed by atoms with Crippen LogP contribution in [-0.4, -0.2) is 11.8 Å². The van der Waals surface area contributed by atoms with Crippen LogP contribution in [0.25, 0.3) is 0 Å². The summed E-state index contributed by atoms with van der Waals surface area (Å²) >= 11 is 0. The molecule has 1 aromatic rings. The van der Waals surface area contributed by atoms with Gasteiger partial charge >= 0.3 is 0 Å². The van der Waals surface area contributed by atoms with Crippen molar-refractivity contribution in [3.8, 4) is 0 Å². The second kappa shape index (κ2) is 5.02. The molecule has 2 N–H and O–H groups in total. The van der Waals surface area contributed by atoms with Gasteiger partial charge in [-0.15, -0.1) is 12.4 Å². The topological polar surface area (TPSA) is 43.1 Å². The number of ketones is 1. The molecule has 0 saturated heterocycles. The zero-order valence-electron chi connectivity index (χ0n) is 7.46. The zero-order chi connectivity index (χ0) is 10.0. The van der Waals surface area contributed by atoms with Gasteiger partial charge in [-0.1, -0.05) is 0 Å². The van der Waals surface area contributed by atoms with Crippen LogP contribution in [0, 0.1) is 11.6 Å². The number of benzene rings is 1. The first-order valence-corrected chi connectivity index (χ1v) is 3.77. The van der Waals surface area contributed by atoms with Crippen molar-refractivity contribution in [1.29, 1.82) is 0 Å². The summed E-state index contributed by atoms with van der Waals surface area (Å²) in [6, 6.07) is 2.00. The average Bonchev–Trinajstić information content (AvgIpc) is 2.03. The minimum Gasteiger partial charge on any atom is -0.321 e. The Morgan fingerprint density at radius 2 is 2.00 bits per heavy atom. The number of hydrogen-bond acceptors (Lipinski definition) is 2. The van der Waals surface area contributed by atoms with Gasteiger partial charge in [-0.25, -0.2) is 8.78 Å². The van der Waals surface area contributed by atoms with Crippen LogP contribution in [-0.2, 0) is 0 Å². The standard InChI is InChI=1S/C9H9F2NO.ClH/c1-5(12)9(13)7-3-2-6(10)4-8(7)11;/h2-5H,12H2,1H3;1H. The summed E-state index contributed by atoms with van der Waals surface area (Å²) in [4.78, 5) is 11.2. The van der Waals surface area contributed by atoms with Crippen molar-refractivity contribution in [1.82, 2.24) is 0 Å². The minimum atomic E-state index is -0.873. The highest BCUT2D eigenvalue weighted by atomic mass is 35.5. The van der Waals surface area contributed by atoms with Gasteiger partial charge in [0, 0.05) is 6.07 Å². The molecule has 1 unspecified atom stereocenters. The molecule has 0 aromatic heterocycles. The third-order valence-electron chi connectivity index (χ3n) is 1.61. The number of hydrogen-bond donors (Lipinski definition) is 1. The predicted molar refractivity (Wildman–Crippen MR) is 51.6 cm³/mol. The van der Waals surface area contributed by atoms with Crippen molar-refractivity contribution in [2.45, 2.75) is 13.0 Å². The van der Waals surface area contributed by atoms with Crippen LogP contribution in [0.2, 0.25) is 0 Å². The van der Waals surface area contributed by atoms with Crippen LogP contribution < -0.4 is 5.73 Å². The SMILES string of the molecule is CC(N)C(=O)c1ccc(F)cc1F.Cl. The Labute approximate surface area is 86.5 Å². The second-order valence-corrected chi connectivity index (χ2v) is 2.78. The molecule has 0 spiro atoms. The highest BCUT2D eigenvalue weighted by Crippen LogP contribution is 2.11. The van der Waals surface area contributed by atoms with Crippen LogP contribution in [0.3, 0.4) is 0 Å². The molecule has 78 valence electrons. The summed E-state index contributed by atoms with van der Waals surface area (Å²) in [6.45, 7) is 1.45. The molecule has 0 bridgehead atoms. The molecule has 0 radical (unpaired) electrons. The number of carbonyl (C=O) groups is 1. The summed E-state index contributed by atoms with van der Waals surface area (Å²) in [5, 5.41) is 0. The van der Waals surface area contributed by atoms with E-state index in [0.717, 1.165) is 12.1 Å². The van der Waals surface area contributed by atoms with Gasteiger partial charge in [-0.3, -0.25) is 4.79 Å². The summed E-state index contributed by atoms with van der Waals surface area (Å²) in [5.74, 6) is -2.11. The van der Waals surface area contributed by atoms with Gasteiger partial charge in [-0.2, -0.15) is 0 Å². The van der Waals surface area contributed by atoms with E-state index in [-0.39, 0.29) is 18.0 Å². The van der Waals surface area contributed by atoms with E-state index in [4.69, 9.17) is 5.73 Å². The fourth-order valence-electron chi connectivity index (χ4n) is 0.935. The fraction of sp³-hybridized carbons (Fsp3) is 0.222. The normalized spacial score (nSPS) is 11.7. The maximum atomic E-state index is 12.9. The smallest absolute Gasteiger partial charge is 0.182 e. The Morgan fingerprint density at radius 1 is 1.43 bits per heavy atom. The molecule has 0 aliphatic rings. The molecule has 0 saturated carbocycles. The van der Waals surface area contributed by atoms with Gasteiger partial charge < -0.3 is 5.73 Å². The predicted octanol–water partition coefficient (Wildman–Crippen LogP) is 1.92. The van der Waals surface area contributed by atoms with Crippen LogP contribution in [0.1, 0.15) is 17.3 Å². The molecular formula is C9H10ClF2NO. The van der Waals surface area contributed by atoms with Crippen LogP contribution in [0.15, 0.2) is 18.2 Å². The largest absolute Gasteiger partial charge is 0.321 e. The molecule has 0 heterocycles. The molecule has 1 aromatic carbocycles. The van der Waals surface area contributed by atoms with E-state index in [2.05, 4.69) is 0 Å². The molecule has 2 nitrogen and oxygen atoms in total. The van der Waals surface area contributed by atoms with Crippen LogP contribution in [0.5, 0.6) is 0 Å². The number of Topliss-reactive ketones (excluding diaryl/α,β-unsaturated/α-hetero) is 1. The number of halogens is 3. The number of nitrogens with two attached hydrogens (primary N) is 1. The van der Waals surface area contributed by atoms with E-state index in [9.17, 15) is 13.6 Å². The van der Waals surface area contributed by atoms with Gasteiger partial charge in [-0.05, 0) is 19.1 Å². The Kier molecular flexibility index (Phi) is 4.67. The van der Waals surface area contributed by atoms with E-state index in [1.165, 1.54) is 6.92 Å². The molecule has 0 amide bonds. The lowest BCUT2D eigenvalue weighted by molar-refractivity contribution is 0.0964. The highest BCUT2D eigenvalue weighted by molar-refractivity contribution is 5.99. The molecule has 1 rings (SSSR count). The van der Waals surface area contributed by atoms with Gasteiger partial charge in [0.15, 0.2) is 5.78 Å². The number of rotatable bonds is 2. The highest BCUT2D eigenvalue weighted by Gasteiger charge is 2.15. The molecule has 0 aliphatic carbocycles. The average molecular weight is 222 g/mol. The Hall–Kier alpha value is -1.000.